The molecule has 0 aliphatic carbocycles. The molecule has 18 heavy (non-hydrogen) atoms. The van der Waals surface area contributed by atoms with E-state index in [0.717, 1.165) is 5.56 Å². The lowest BCUT2D eigenvalue weighted by Gasteiger charge is -2.31. The van der Waals surface area contributed by atoms with Gasteiger partial charge in [0.25, 0.3) is 5.91 Å². The molecule has 0 saturated carbocycles. The Morgan fingerprint density at radius 3 is 2.78 bits per heavy atom. The van der Waals surface area contributed by atoms with Crippen molar-refractivity contribution in [3.63, 3.8) is 0 Å². The summed E-state index contributed by atoms with van der Waals surface area (Å²) in [5.41, 5.74) is 1.63. The van der Waals surface area contributed by atoms with Gasteiger partial charge in [-0.3, -0.25) is 9.63 Å². The molecule has 1 unspecified atom stereocenters. The lowest BCUT2D eigenvalue weighted by molar-refractivity contribution is -0.127. The van der Waals surface area contributed by atoms with Crippen molar-refractivity contribution in [3.05, 3.63) is 29.8 Å². The van der Waals surface area contributed by atoms with Crippen LogP contribution in [0.1, 0.15) is 5.56 Å². The Balaban J connectivity index is 2.28. The van der Waals surface area contributed by atoms with Gasteiger partial charge in [-0.05, 0) is 11.6 Å². The van der Waals surface area contributed by atoms with Crippen LogP contribution in [0.4, 0.5) is 10.5 Å². The van der Waals surface area contributed by atoms with Gasteiger partial charge in [0, 0.05) is 6.42 Å². The Morgan fingerprint density at radius 2 is 2.11 bits per heavy atom. The fourth-order valence-electron chi connectivity index (χ4n) is 1.95. The number of nitrogens with zero attached hydrogens (tertiary/aromatic N) is 1. The van der Waals surface area contributed by atoms with Crippen molar-refractivity contribution in [1.29, 1.82) is 0 Å². The second-order valence-corrected chi connectivity index (χ2v) is 3.84. The molecule has 0 spiro atoms. The monoisotopic (exact) mass is 250 g/mol. The van der Waals surface area contributed by atoms with Gasteiger partial charge < -0.3 is 10.1 Å². The van der Waals surface area contributed by atoms with Crippen LogP contribution in [-0.2, 0) is 20.8 Å². The number of rotatable bonds is 2. The Hall–Kier alpha value is -2.08. The number of para-hydroxylation sites is 1. The largest absolute Gasteiger partial charge is 0.453 e. The van der Waals surface area contributed by atoms with Gasteiger partial charge in [-0.1, -0.05) is 18.2 Å². The van der Waals surface area contributed by atoms with E-state index in [4.69, 9.17) is 4.84 Å². The number of anilines is 1. The van der Waals surface area contributed by atoms with Crippen LogP contribution >= 0.6 is 0 Å². The van der Waals surface area contributed by atoms with Crippen LogP contribution in [-0.4, -0.2) is 32.3 Å². The van der Waals surface area contributed by atoms with Gasteiger partial charge in [-0.25, -0.2) is 4.79 Å². The van der Waals surface area contributed by atoms with Gasteiger partial charge in [-0.2, -0.15) is 5.06 Å². The molecule has 2 rings (SSSR count). The summed E-state index contributed by atoms with van der Waals surface area (Å²) < 4.78 is 4.50. The lowest BCUT2D eigenvalue weighted by Crippen LogP contribution is -2.52. The number of ether oxygens (including phenoxy) is 1. The number of fused-ring (bicyclic) bond motifs is 1. The molecule has 0 fully saturated rings. The molecule has 1 aliphatic rings. The highest BCUT2D eigenvalue weighted by Crippen LogP contribution is 2.27. The van der Waals surface area contributed by atoms with Crippen molar-refractivity contribution in [2.45, 2.75) is 12.5 Å². The molecule has 96 valence electrons. The van der Waals surface area contributed by atoms with Crippen LogP contribution in [0.5, 0.6) is 0 Å². The minimum absolute atomic E-state index is 0.318. The molecular formula is C12H14N2O4. The number of carbonyl (C=O) groups is 2. The minimum atomic E-state index is -0.674. The number of alkyl carbamates (subject to hydrolysis) is 1. The molecular weight excluding hydrogens is 236 g/mol. The maximum Gasteiger partial charge on any atom is 0.407 e. The smallest absolute Gasteiger partial charge is 0.407 e. The molecule has 1 aliphatic heterocycles. The first-order chi connectivity index (χ1) is 8.67. The number of hydrogen-bond acceptors (Lipinski definition) is 4. The van der Waals surface area contributed by atoms with E-state index < -0.39 is 12.1 Å². The molecule has 1 N–H and O–H groups in total. The summed E-state index contributed by atoms with van der Waals surface area (Å²) in [6, 6.07) is 6.71. The number of hydroxylamine groups is 1. The molecule has 0 aromatic heterocycles. The van der Waals surface area contributed by atoms with Gasteiger partial charge in [-0.15, -0.1) is 0 Å². The van der Waals surface area contributed by atoms with E-state index in [2.05, 4.69) is 10.1 Å². The Bertz CT molecular complexity index is 475. The quantitative estimate of drug-likeness (QED) is 0.845. The summed E-state index contributed by atoms with van der Waals surface area (Å²) in [6.45, 7) is 0. The third-order valence-electron chi connectivity index (χ3n) is 2.79. The molecule has 1 aromatic rings. The summed E-state index contributed by atoms with van der Waals surface area (Å²) in [5, 5.41) is 3.67. The van der Waals surface area contributed by atoms with E-state index >= 15 is 0 Å². The van der Waals surface area contributed by atoms with Crippen LogP contribution in [0.25, 0.3) is 0 Å². The zero-order chi connectivity index (χ0) is 13.1. The second kappa shape index (κ2) is 5.05. The van der Waals surface area contributed by atoms with E-state index in [-0.39, 0.29) is 5.91 Å². The normalized spacial score (nSPS) is 18.2. The van der Waals surface area contributed by atoms with Crippen LogP contribution in [0.15, 0.2) is 24.3 Å². The highest BCUT2D eigenvalue weighted by Gasteiger charge is 2.34. The molecule has 0 saturated heterocycles. The number of amides is 2. The maximum atomic E-state index is 12.1. The van der Waals surface area contributed by atoms with Crippen molar-refractivity contribution in [1.82, 2.24) is 5.32 Å². The second-order valence-electron chi connectivity index (χ2n) is 3.84. The lowest BCUT2D eigenvalue weighted by atomic mass is 9.99. The highest BCUT2D eigenvalue weighted by molar-refractivity contribution is 5.99. The molecule has 6 heteroatoms. The Morgan fingerprint density at radius 1 is 1.39 bits per heavy atom. The molecule has 1 atom stereocenters. The fourth-order valence-corrected chi connectivity index (χ4v) is 1.95. The zero-order valence-corrected chi connectivity index (χ0v) is 10.2. The SMILES string of the molecule is COC(=O)NC1Cc2ccccc2N(OC)C1=O. The molecule has 0 radical (unpaired) electrons. The summed E-state index contributed by atoms with van der Waals surface area (Å²) in [6.07, 6.45) is -0.215. The maximum absolute atomic E-state index is 12.1. The summed E-state index contributed by atoms with van der Waals surface area (Å²) in [4.78, 5) is 28.4. The number of nitrogens with one attached hydrogen (secondary N) is 1. The number of hydrogen-bond donors (Lipinski definition) is 1. The predicted molar refractivity (Wildman–Crippen MR) is 64.0 cm³/mol. The first-order valence-corrected chi connectivity index (χ1v) is 5.48. The van der Waals surface area contributed by atoms with Gasteiger partial charge in [0.2, 0.25) is 0 Å². The fraction of sp³-hybridized carbons (Fsp3) is 0.333. The molecule has 1 aromatic carbocycles. The Kier molecular flexibility index (Phi) is 3.47. The number of carbonyl (C=O) groups excluding carboxylic acids is 2. The third-order valence-corrected chi connectivity index (χ3v) is 2.79. The number of benzene rings is 1. The first-order valence-electron chi connectivity index (χ1n) is 5.48. The van der Waals surface area contributed by atoms with Crippen molar-refractivity contribution in [2.75, 3.05) is 19.3 Å². The molecule has 2 amide bonds. The van der Waals surface area contributed by atoms with Gasteiger partial charge in [0.15, 0.2) is 0 Å². The summed E-state index contributed by atoms with van der Waals surface area (Å²) in [5.74, 6) is -0.318. The van der Waals surface area contributed by atoms with Crippen molar-refractivity contribution >= 4 is 17.7 Å². The predicted octanol–water partition coefficient (Wildman–Crippen LogP) is 0.862. The van der Waals surface area contributed by atoms with Gasteiger partial charge >= 0.3 is 6.09 Å². The summed E-state index contributed by atoms with van der Waals surface area (Å²) in [7, 11) is 2.67. The topological polar surface area (TPSA) is 67.9 Å². The van der Waals surface area contributed by atoms with Crippen LogP contribution in [0.2, 0.25) is 0 Å². The van der Waals surface area contributed by atoms with E-state index in [0.29, 0.717) is 12.1 Å². The van der Waals surface area contributed by atoms with E-state index in [1.807, 2.05) is 18.2 Å². The zero-order valence-electron chi connectivity index (χ0n) is 10.2. The summed E-state index contributed by atoms with van der Waals surface area (Å²) >= 11 is 0. The van der Waals surface area contributed by atoms with E-state index in [9.17, 15) is 9.59 Å². The van der Waals surface area contributed by atoms with E-state index in [1.54, 1.807) is 6.07 Å². The highest BCUT2D eigenvalue weighted by atomic mass is 16.7. The molecule has 6 nitrogen and oxygen atoms in total. The van der Waals surface area contributed by atoms with Crippen molar-refractivity contribution < 1.29 is 19.2 Å². The first kappa shape index (κ1) is 12.4. The van der Waals surface area contributed by atoms with Crippen LogP contribution in [0, 0.1) is 0 Å². The van der Waals surface area contributed by atoms with Gasteiger partial charge in [0.1, 0.15) is 6.04 Å². The van der Waals surface area contributed by atoms with Gasteiger partial charge in [0.05, 0.1) is 19.9 Å². The standard InChI is InChI=1S/C12H14N2O4/c1-17-12(16)13-9-7-8-5-3-4-6-10(8)14(18-2)11(9)15/h3-6,9H,7H2,1-2H3,(H,13,16). The van der Waals surface area contributed by atoms with E-state index in [1.165, 1.54) is 19.3 Å². The average molecular weight is 250 g/mol. The minimum Gasteiger partial charge on any atom is -0.453 e. The molecule has 0 bridgehead atoms. The number of methoxy groups -OCH3 is 1. The van der Waals surface area contributed by atoms with Crippen molar-refractivity contribution in [2.24, 2.45) is 0 Å². The van der Waals surface area contributed by atoms with Crippen LogP contribution < -0.4 is 10.4 Å². The average Bonchev–Trinajstić information content (AvgIpc) is 2.39. The van der Waals surface area contributed by atoms with Crippen molar-refractivity contribution in [3.8, 4) is 0 Å². The molecule has 1 heterocycles. The third kappa shape index (κ3) is 2.14. The Labute approximate surface area is 104 Å². The van der Waals surface area contributed by atoms with Crippen LogP contribution in [0.3, 0.4) is 0 Å².